The number of amides is 1. The molecule has 3 saturated carbocycles. The van der Waals surface area contributed by atoms with Gasteiger partial charge in [0.2, 0.25) is 5.91 Å². The Morgan fingerprint density at radius 3 is 2.30 bits per heavy atom. The minimum Gasteiger partial charge on any atom is -0.356 e. The van der Waals surface area contributed by atoms with Gasteiger partial charge in [-0.3, -0.25) is 4.79 Å². The molecule has 3 atom stereocenters. The third-order valence-corrected chi connectivity index (χ3v) is 6.02. The van der Waals surface area contributed by atoms with E-state index in [2.05, 4.69) is 19.2 Å². The van der Waals surface area contributed by atoms with Gasteiger partial charge in [-0.05, 0) is 55.3 Å². The van der Waals surface area contributed by atoms with E-state index in [9.17, 15) is 4.79 Å². The molecule has 3 rings (SSSR count). The van der Waals surface area contributed by atoms with Gasteiger partial charge in [0, 0.05) is 18.5 Å². The Morgan fingerprint density at radius 1 is 1.25 bits per heavy atom. The summed E-state index contributed by atoms with van der Waals surface area (Å²) in [5.74, 6) is 2.42. The molecule has 0 aromatic heterocycles. The highest BCUT2D eigenvalue weighted by Gasteiger charge is 2.46. The van der Waals surface area contributed by atoms with Crippen molar-refractivity contribution in [1.82, 2.24) is 5.32 Å². The van der Waals surface area contributed by atoms with Gasteiger partial charge in [0.25, 0.3) is 0 Å². The van der Waals surface area contributed by atoms with Crippen LogP contribution in [0.25, 0.3) is 0 Å². The number of carbonyl (C=O) groups excluding carboxylic acids is 1. The van der Waals surface area contributed by atoms with E-state index in [1.54, 1.807) is 0 Å². The molecule has 4 heteroatoms. The second-order valence-electron chi connectivity index (χ2n) is 7.83. The van der Waals surface area contributed by atoms with Crippen molar-refractivity contribution >= 4 is 18.3 Å². The first kappa shape index (κ1) is 16.1. The Labute approximate surface area is 128 Å². The number of carbonyl (C=O) groups is 1. The van der Waals surface area contributed by atoms with Crippen molar-refractivity contribution in [2.45, 2.75) is 58.4 Å². The largest absolute Gasteiger partial charge is 0.356 e. The Balaban J connectivity index is 0.00000147. The van der Waals surface area contributed by atoms with Crippen LogP contribution < -0.4 is 11.1 Å². The summed E-state index contributed by atoms with van der Waals surface area (Å²) >= 11 is 0. The molecule has 0 aromatic rings. The van der Waals surface area contributed by atoms with Crippen LogP contribution in [0.3, 0.4) is 0 Å². The summed E-state index contributed by atoms with van der Waals surface area (Å²) in [6, 6.07) is 0.361. The zero-order valence-electron chi connectivity index (χ0n) is 12.7. The number of hydrogen-bond donors (Lipinski definition) is 2. The second kappa shape index (κ2) is 5.84. The molecular formula is C16H29ClN2O. The highest BCUT2D eigenvalue weighted by atomic mass is 35.5. The number of fused-ring (bicyclic) bond motifs is 2. The SMILES string of the molecule is CC1(C)CC1CNC(=O)C1CC2CCCC(C1)C2N.Cl. The minimum absolute atomic E-state index is 0. The number of nitrogens with one attached hydrogen (secondary N) is 1. The highest BCUT2D eigenvalue weighted by molar-refractivity contribution is 5.85. The lowest BCUT2D eigenvalue weighted by atomic mass is 9.65. The standard InChI is InChI=1S/C16H28N2O.ClH/c1-16(2)8-13(16)9-18-15(19)12-6-10-4-3-5-11(7-12)14(10)17;/h10-14H,3-9,17H2,1-2H3,(H,18,19);1H. The van der Waals surface area contributed by atoms with E-state index >= 15 is 0 Å². The zero-order chi connectivity index (χ0) is 13.6. The Morgan fingerprint density at radius 2 is 1.80 bits per heavy atom. The topological polar surface area (TPSA) is 55.1 Å². The molecule has 0 heterocycles. The molecule has 0 spiro atoms. The molecule has 3 unspecified atom stereocenters. The van der Waals surface area contributed by atoms with E-state index in [0.717, 1.165) is 19.4 Å². The van der Waals surface area contributed by atoms with Gasteiger partial charge < -0.3 is 11.1 Å². The smallest absolute Gasteiger partial charge is 0.223 e. The predicted octanol–water partition coefficient (Wildman–Crippen LogP) is 2.72. The third-order valence-electron chi connectivity index (χ3n) is 6.02. The van der Waals surface area contributed by atoms with Gasteiger partial charge in [0.05, 0.1) is 0 Å². The monoisotopic (exact) mass is 300 g/mol. The lowest BCUT2D eigenvalue weighted by Crippen LogP contribution is -2.49. The van der Waals surface area contributed by atoms with Crippen molar-refractivity contribution in [1.29, 1.82) is 0 Å². The molecule has 20 heavy (non-hydrogen) atoms. The summed E-state index contributed by atoms with van der Waals surface area (Å²) in [6.45, 7) is 5.45. The normalized spacial score (nSPS) is 41.5. The van der Waals surface area contributed by atoms with Crippen LogP contribution >= 0.6 is 12.4 Å². The maximum absolute atomic E-state index is 12.3. The van der Waals surface area contributed by atoms with Crippen molar-refractivity contribution in [3.63, 3.8) is 0 Å². The Kier molecular flexibility index (Phi) is 4.70. The summed E-state index contributed by atoms with van der Waals surface area (Å²) in [5, 5.41) is 3.19. The molecule has 3 aliphatic rings. The van der Waals surface area contributed by atoms with Crippen molar-refractivity contribution < 1.29 is 4.79 Å². The molecule has 3 fully saturated rings. The molecule has 0 aliphatic heterocycles. The predicted molar refractivity (Wildman–Crippen MR) is 83.7 cm³/mol. The first-order valence-electron chi connectivity index (χ1n) is 8.00. The van der Waals surface area contributed by atoms with Crippen LogP contribution in [0.2, 0.25) is 0 Å². The van der Waals surface area contributed by atoms with Gasteiger partial charge in [0.15, 0.2) is 0 Å². The van der Waals surface area contributed by atoms with Crippen molar-refractivity contribution in [2.75, 3.05) is 6.54 Å². The number of nitrogens with two attached hydrogens (primary N) is 1. The molecule has 3 N–H and O–H groups in total. The van der Waals surface area contributed by atoms with E-state index in [1.807, 2.05) is 0 Å². The molecule has 3 nitrogen and oxygen atoms in total. The van der Waals surface area contributed by atoms with Gasteiger partial charge in [-0.2, -0.15) is 0 Å². The third kappa shape index (κ3) is 3.14. The van der Waals surface area contributed by atoms with Gasteiger partial charge in [0.1, 0.15) is 0 Å². The van der Waals surface area contributed by atoms with Crippen LogP contribution in [-0.4, -0.2) is 18.5 Å². The van der Waals surface area contributed by atoms with Gasteiger partial charge >= 0.3 is 0 Å². The molecule has 3 aliphatic carbocycles. The maximum Gasteiger partial charge on any atom is 0.223 e. The van der Waals surface area contributed by atoms with E-state index in [1.165, 1.54) is 25.7 Å². The van der Waals surface area contributed by atoms with Gasteiger partial charge in [-0.1, -0.05) is 20.3 Å². The van der Waals surface area contributed by atoms with Gasteiger partial charge in [-0.25, -0.2) is 0 Å². The summed E-state index contributed by atoms with van der Waals surface area (Å²) in [7, 11) is 0. The fourth-order valence-electron chi connectivity index (χ4n) is 4.30. The number of halogens is 1. The Bertz CT molecular complexity index is 357. The number of hydrogen-bond acceptors (Lipinski definition) is 2. The summed E-state index contributed by atoms with van der Waals surface area (Å²) in [6.07, 6.45) is 7.09. The van der Waals surface area contributed by atoms with E-state index in [0.29, 0.717) is 35.1 Å². The molecule has 0 saturated heterocycles. The van der Waals surface area contributed by atoms with Crippen LogP contribution in [-0.2, 0) is 4.79 Å². The van der Waals surface area contributed by atoms with Crippen LogP contribution in [0.1, 0.15) is 52.4 Å². The second-order valence-corrected chi connectivity index (χ2v) is 7.83. The average molecular weight is 301 g/mol. The quantitative estimate of drug-likeness (QED) is 0.842. The minimum atomic E-state index is 0. The lowest BCUT2D eigenvalue weighted by Gasteiger charge is -2.43. The highest BCUT2D eigenvalue weighted by Crippen LogP contribution is 2.51. The van der Waals surface area contributed by atoms with E-state index in [-0.39, 0.29) is 18.3 Å². The first-order valence-corrected chi connectivity index (χ1v) is 8.00. The first-order chi connectivity index (χ1) is 8.97. The van der Waals surface area contributed by atoms with Crippen molar-refractivity contribution in [3.05, 3.63) is 0 Å². The zero-order valence-corrected chi connectivity index (χ0v) is 13.5. The van der Waals surface area contributed by atoms with Crippen LogP contribution in [0.4, 0.5) is 0 Å². The molecule has 1 amide bonds. The molecule has 0 radical (unpaired) electrons. The average Bonchev–Trinajstić information content (AvgIpc) is 2.93. The van der Waals surface area contributed by atoms with E-state index < -0.39 is 0 Å². The summed E-state index contributed by atoms with van der Waals surface area (Å²) in [4.78, 5) is 12.3. The molecule has 2 bridgehead atoms. The van der Waals surface area contributed by atoms with Gasteiger partial charge in [-0.15, -0.1) is 12.4 Å². The van der Waals surface area contributed by atoms with E-state index in [4.69, 9.17) is 5.73 Å². The molecule has 0 aromatic carbocycles. The summed E-state index contributed by atoms with van der Waals surface area (Å²) in [5.41, 5.74) is 6.74. The summed E-state index contributed by atoms with van der Waals surface area (Å²) < 4.78 is 0. The Hall–Kier alpha value is -0.280. The van der Waals surface area contributed by atoms with Crippen molar-refractivity contribution in [2.24, 2.45) is 34.8 Å². The van der Waals surface area contributed by atoms with Crippen LogP contribution in [0, 0.1) is 29.1 Å². The fraction of sp³-hybridized carbons (Fsp3) is 0.938. The lowest BCUT2D eigenvalue weighted by molar-refractivity contribution is -0.128. The van der Waals surface area contributed by atoms with Crippen LogP contribution in [0.15, 0.2) is 0 Å². The maximum atomic E-state index is 12.3. The fourth-order valence-corrected chi connectivity index (χ4v) is 4.30. The number of rotatable bonds is 3. The van der Waals surface area contributed by atoms with Crippen LogP contribution in [0.5, 0.6) is 0 Å². The molecule has 116 valence electrons. The molecular weight excluding hydrogens is 272 g/mol. The van der Waals surface area contributed by atoms with Crippen molar-refractivity contribution in [3.8, 4) is 0 Å².